The van der Waals surface area contributed by atoms with Crippen molar-refractivity contribution in [3.05, 3.63) is 71.3 Å². The molecule has 1 amide bonds. The number of benzene rings is 2. The number of nitrogens with zero attached hydrogens (tertiary/aromatic N) is 1. The van der Waals surface area contributed by atoms with E-state index in [4.69, 9.17) is 0 Å². The van der Waals surface area contributed by atoms with E-state index >= 15 is 0 Å². The SMILES string of the molecule is CCC1c2ccccc2CCC1NCCN1CCC(NC(=O)Cc2ccccc2)C1. The second kappa shape index (κ2) is 10.2. The van der Waals surface area contributed by atoms with Crippen molar-refractivity contribution in [2.45, 2.75) is 57.0 Å². The van der Waals surface area contributed by atoms with E-state index in [1.54, 1.807) is 5.56 Å². The summed E-state index contributed by atoms with van der Waals surface area (Å²) in [4.78, 5) is 14.8. The molecule has 4 nitrogen and oxygen atoms in total. The van der Waals surface area contributed by atoms with Crippen molar-refractivity contribution in [1.82, 2.24) is 15.5 Å². The summed E-state index contributed by atoms with van der Waals surface area (Å²) in [7, 11) is 0. The van der Waals surface area contributed by atoms with Gasteiger partial charge in [0.05, 0.1) is 6.42 Å². The van der Waals surface area contributed by atoms with Gasteiger partial charge in [0.2, 0.25) is 5.91 Å². The highest BCUT2D eigenvalue weighted by Crippen LogP contribution is 2.33. The molecule has 30 heavy (non-hydrogen) atoms. The molecule has 3 unspecified atom stereocenters. The monoisotopic (exact) mass is 405 g/mol. The lowest BCUT2D eigenvalue weighted by Gasteiger charge is -2.34. The Morgan fingerprint density at radius 1 is 1.07 bits per heavy atom. The molecule has 1 saturated heterocycles. The molecule has 4 rings (SSSR count). The first-order valence-electron chi connectivity index (χ1n) is 11.6. The van der Waals surface area contributed by atoms with Gasteiger partial charge in [0, 0.05) is 38.3 Å². The fraction of sp³-hybridized carbons (Fsp3) is 0.500. The van der Waals surface area contributed by atoms with Gasteiger partial charge in [-0.3, -0.25) is 9.69 Å². The molecule has 1 aliphatic heterocycles. The molecule has 4 heteroatoms. The molecule has 3 atom stereocenters. The molecule has 160 valence electrons. The van der Waals surface area contributed by atoms with Crippen molar-refractivity contribution in [1.29, 1.82) is 0 Å². The number of fused-ring (bicyclic) bond motifs is 1. The largest absolute Gasteiger partial charge is 0.352 e. The molecule has 2 aliphatic rings. The fourth-order valence-electron chi connectivity index (χ4n) is 5.22. The van der Waals surface area contributed by atoms with Gasteiger partial charge in [-0.15, -0.1) is 0 Å². The maximum Gasteiger partial charge on any atom is 0.224 e. The van der Waals surface area contributed by atoms with Crippen LogP contribution < -0.4 is 10.6 Å². The summed E-state index contributed by atoms with van der Waals surface area (Å²) in [6.07, 6.45) is 5.13. The van der Waals surface area contributed by atoms with Gasteiger partial charge in [-0.25, -0.2) is 0 Å². The number of hydrogen-bond donors (Lipinski definition) is 2. The first kappa shape index (κ1) is 21.1. The highest BCUT2D eigenvalue weighted by molar-refractivity contribution is 5.78. The Labute approximate surface area is 181 Å². The van der Waals surface area contributed by atoms with Crippen LogP contribution in [-0.4, -0.2) is 49.1 Å². The van der Waals surface area contributed by atoms with Gasteiger partial charge in [0.15, 0.2) is 0 Å². The summed E-state index contributed by atoms with van der Waals surface area (Å²) in [5, 5.41) is 7.07. The van der Waals surface area contributed by atoms with Crippen LogP contribution in [0, 0.1) is 0 Å². The zero-order valence-electron chi connectivity index (χ0n) is 18.1. The number of carbonyl (C=O) groups excluding carboxylic acids is 1. The van der Waals surface area contributed by atoms with Crippen molar-refractivity contribution in [3.63, 3.8) is 0 Å². The number of rotatable bonds is 8. The summed E-state index contributed by atoms with van der Waals surface area (Å²) in [5.41, 5.74) is 4.16. The van der Waals surface area contributed by atoms with E-state index in [9.17, 15) is 4.79 Å². The van der Waals surface area contributed by atoms with Crippen LogP contribution in [0.2, 0.25) is 0 Å². The predicted octanol–water partition coefficient (Wildman–Crippen LogP) is 3.52. The third kappa shape index (κ3) is 5.30. The average molecular weight is 406 g/mol. The normalized spacial score (nSPS) is 23.8. The second-order valence-electron chi connectivity index (χ2n) is 8.83. The van der Waals surface area contributed by atoms with E-state index in [1.807, 2.05) is 30.3 Å². The van der Waals surface area contributed by atoms with Crippen molar-refractivity contribution in [2.75, 3.05) is 26.2 Å². The van der Waals surface area contributed by atoms with Gasteiger partial charge in [0.1, 0.15) is 0 Å². The molecule has 1 fully saturated rings. The molecular weight excluding hydrogens is 370 g/mol. The van der Waals surface area contributed by atoms with E-state index in [2.05, 4.69) is 46.7 Å². The van der Waals surface area contributed by atoms with Crippen molar-refractivity contribution in [2.24, 2.45) is 0 Å². The topological polar surface area (TPSA) is 44.4 Å². The van der Waals surface area contributed by atoms with Gasteiger partial charge in [0.25, 0.3) is 0 Å². The maximum atomic E-state index is 12.3. The van der Waals surface area contributed by atoms with Crippen LogP contribution in [0.4, 0.5) is 0 Å². The van der Waals surface area contributed by atoms with Crippen LogP contribution in [0.3, 0.4) is 0 Å². The van der Waals surface area contributed by atoms with Crippen LogP contribution in [0.15, 0.2) is 54.6 Å². The Morgan fingerprint density at radius 2 is 1.87 bits per heavy atom. The number of amides is 1. The first-order valence-corrected chi connectivity index (χ1v) is 11.6. The lowest BCUT2D eigenvalue weighted by Crippen LogP contribution is -2.43. The van der Waals surface area contributed by atoms with Crippen molar-refractivity contribution < 1.29 is 4.79 Å². The summed E-state index contributed by atoms with van der Waals surface area (Å²) in [6.45, 7) is 6.42. The molecule has 2 aromatic carbocycles. The van der Waals surface area contributed by atoms with Gasteiger partial charge in [-0.2, -0.15) is 0 Å². The van der Waals surface area contributed by atoms with E-state index in [0.717, 1.165) is 38.2 Å². The third-order valence-electron chi connectivity index (χ3n) is 6.78. The Hall–Kier alpha value is -2.17. The molecule has 0 spiro atoms. The average Bonchev–Trinajstić information content (AvgIpc) is 3.21. The van der Waals surface area contributed by atoms with Crippen molar-refractivity contribution in [3.8, 4) is 0 Å². The summed E-state index contributed by atoms with van der Waals surface area (Å²) < 4.78 is 0. The standard InChI is InChI=1S/C26H35N3O/c1-2-23-24-11-7-6-10-21(24)12-13-25(23)27-15-17-29-16-14-22(19-29)28-26(30)18-20-8-4-3-5-9-20/h3-11,22-23,25,27H,2,12-19H2,1H3,(H,28,30). The van der Waals surface area contributed by atoms with Crippen LogP contribution in [-0.2, 0) is 17.6 Å². The van der Waals surface area contributed by atoms with E-state index in [1.165, 1.54) is 24.8 Å². The Balaban J connectivity index is 1.19. The summed E-state index contributed by atoms with van der Waals surface area (Å²) in [6, 6.07) is 19.8. The quantitative estimate of drug-likeness (QED) is 0.706. The molecular formula is C26H35N3O. The lowest BCUT2D eigenvalue weighted by atomic mass is 9.78. The minimum Gasteiger partial charge on any atom is -0.352 e. The number of aryl methyl sites for hydroxylation is 1. The molecule has 1 heterocycles. The van der Waals surface area contributed by atoms with Gasteiger partial charge < -0.3 is 10.6 Å². The lowest BCUT2D eigenvalue weighted by molar-refractivity contribution is -0.121. The maximum absolute atomic E-state index is 12.3. The van der Waals surface area contributed by atoms with E-state index in [0.29, 0.717) is 18.4 Å². The Bertz CT molecular complexity index is 822. The van der Waals surface area contributed by atoms with Crippen LogP contribution in [0.25, 0.3) is 0 Å². The van der Waals surface area contributed by atoms with E-state index < -0.39 is 0 Å². The second-order valence-corrected chi connectivity index (χ2v) is 8.83. The molecule has 0 aromatic heterocycles. The van der Waals surface area contributed by atoms with Crippen LogP contribution >= 0.6 is 0 Å². The molecule has 2 N–H and O–H groups in total. The van der Waals surface area contributed by atoms with Crippen molar-refractivity contribution >= 4 is 5.91 Å². The molecule has 1 aliphatic carbocycles. The zero-order chi connectivity index (χ0) is 20.8. The molecule has 0 radical (unpaired) electrons. The molecule has 0 saturated carbocycles. The minimum atomic E-state index is 0.137. The Morgan fingerprint density at radius 3 is 2.70 bits per heavy atom. The summed E-state index contributed by atoms with van der Waals surface area (Å²) in [5.74, 6) is 0.761. The fourth-order valence-corrected chi connectivity index (χ4v) is 5.22. The predicted molar refractivity (Wildman–Crippen MR) is 123 cm³/mol. The van der Waals surface area contributed by atoms with Gasteiger partial charge >= 0.3 is 0 Å². The number of hydrogen-bond acceptors (Lipinski definition) is 3. The Kier molecular flexibility index (Phi) is 7.19. The van der Waals surface area contributed by atoms with Gasteiger partial charge in [-0.05, 0) is 48.3 Å². The van der Waals surface area contributed by atoms with Gasteiger partial charge in [-0.1, -0.05) is 61.5 Å². The van der Waals surface area contributed by atoms with Crippen LogP contribution in [0.5, 0.6) is 0 Å². The number of likely N-dealkylation sites (tertiary alicyclic amines) is 1. The van der Waals surface area contributed by atoms with Crippen LogP contribution in [0.1, 0.15) is 48.8 Å². The molecule has 0 bridgehead atoms. The number of carbonyl (C=O) groups is 1. The van der Waals surface area contributed by atoms with E-state index in [-0.39, 0.29) is 11.9 Å². The highest BCUT2D eigenvalue weighted by atomic mass is 16.1. The summed E-state index contributed by atoms with van der Waals surface area (Å²) >= 11 is 0. The zero-order valence-corrected chi connectivity index (χ0v) is 18.1. The molecule has 2 aromatic rings. The minimum absolute atomic E-state index is 0.137. The third-order valence-corrected chi connectivity index (χ3v) is 6.78. The highest BCUT2D eigenvalue weighted by Gasteiger charge is 2.28. The number of nitrogens with one attached hydrogen (secondary N) is 2. The first-order chi connectivity index (χ1) is 14.7. The smallest absolute Gasteiger partial charge is 0.224 e.